The summed E-state index contributed by atoms with van der Waals surface area (Å²) in [5.74, 6) is -0.875. The van der Waals surface area contributed by atoms with Crippen LogP contribution in [0, 0.1) is 15.9 Å². The molecule has 0 aliphatic heterocycles. The molecule has 0 atom stereocenters. The fraction of sp³-hybridized carbons (Fsp3) is 0.0526. The maximum Gasteiger partial charge on any atom is 0.324 e. The van der Waals surface area contributed by atoms with Gasteiger partial charge in [-0.15, -0.1) is 0 Å². The normalized spacial score (nSPS) is 10.9. The first-order valence-electron chi connectivity index (χ1n) is 8.18. The third-order valence-electron chi connectivity index (χ3n) is 4.00. The van der Waals surface area contributed by atoms with Crippen molar-refractivity contribution in [3.05, 3.63) is 87.0 Å². The van der Waals surface area contributed by atoms with Gasteiger partial charge < -0.3 is 0 Å². The van der Waals surface area contributed by atoms with E-state index in [2.05, 4.69) is 4.98 Å². The summed E-state index contributed by atoms with van der Waals surface area (Å²) in [7, 11) is 0. The van der Waals surface area contributed by atoms with Gasteiger partial charge in [0.15, 0.2) is 5.13 Å². The molecule has 0 fully saturated rings. The summed E-state index contributed by atoms with van der Waals surface area (Å²) in [6.07, 6.45) is 0. The van der Waals surface area contributed by atoms with E-state index in [-0.39, 0.29) is 21.9 Å². The highest BCUT2D eigenvalue weighted by Gasteiger charge is 2.25. The SMILES string of the molecule is O=C(c1ccc([N+](=O)[O-])s1)N(Cc1ccccc1)c1nc2c(F)cccc2s1. The molecule has 2 aromatic carbocycles. The molecule has 28 heavy (non-hydrogen) atoms. The van der Waals surface area contributed by atoms with Gasteiger partial charge in [-0.25, -0.2) is 9.37 Å². The largest absolute Gasteiger partial charge is 0.324 e. The van der Waals surface area contributed by atoms with Gasteiger partial charge in [-0.1, -0.05) is 59.1 Å². The molecule has 2 heterocycles. The van der Waals surface area contributed by atoms with Gasteiger partial charge in [0.25, 0.3) is 5.91 Å². The zero-order valence-electron chi connectivity index (χ0n) is 14.2. The first-order valence-corrected chi connectivity index (χ1v) is 9.81. The number of benzene rings is 2. The summed E-state index contributed by atoms with van der Waals surface area (Å²) in [6.45, 7) is 0.215. The summed E-state index contributed by atoms with van der Waals surface area (Å²) in [6, 6.07) is 16.7. The quantitative estimate of drug-likeness (QED) is 0.331. The number of carbonyl (C=O) groups is 1. The number of fused-ring (bicyclic) bond motifs is 1. The van der Waals surface area contributed by atoms with Crippen LogP contribution in [0.5, 0.6) is 0 Å². The number of para-hydroxylation sites is 1. The third kappa shape index (κ3) is 3.49. The Hall–Kier alpha value is -3.17. The molecule has 0 saturated heterocycles. The van der Waals surface area contributed by atoms with Gasteiger partial charge >= 0.3 is 5.00 Å². The smallest absolute Gasteiger partial charge is 0.279 e. The van der Waals surface area contributed by atoms with Gasteiger partial charge in [-0.2, -0.15) is 0 Å². The number of amides is 1. The lowest BCUT2D eigenvalue weighted by Crippen LogP contribution is -2.29. The molecule has 4 aromatic rings. The van der Waals surface area contributed by atoms with Crippen LogP contribution in [0.25, 0.3) is 10.2 Å². The van der Waals surface area contributed by atoms with Crippen molar-refractivity contribution in [2.75, 3.05) is 4.90 Å². The van der Waals surface area contributed by atoms with Gasteiger partial charge in [0.1, 0.15) is 11.3 Å². The molecule has 9 heteroatoms. The minimum absolute atomic E-state index is 0.113. The molecule has 140 valence electrons. The lowest BCUT2D eigenvalue weighted by atomic mass is 10.2. The van der Waals surface area contributed by atoms with Crippen LogP contribution in [0.3, 0.4) is 0 Å². The average Bonchev–Trinajstić information content (AvgIpc) is 3.34. The van der Waals surface area contributed by atoms with E-state index < -0.39 is 16.6 Å². The fourth-order valence-electron chi connectivity index (χ4n) is 2.68. The molecular formula is C19H12FN3O3S2. The van der Waals surface area contributed by atoms with Crippen molar-refractivity contribution >= 4 is 48.9 Å². The second-order valence-electron chi connectivity index (χ2n) is 5.85. The minimum atomic E-state index is -0.532. The third-order valence-corrected chi connectivity index (χ3v) is 6.07. The van der Waals surface area contributed by atoms with Crippen molar-refractivity contribution in [2.24, 2.45) is 0 Å². The van der Waals surface area contributed by atoms with Crippen molar-refractivity contribution in [1.29, 1.82) is 0 Å². The molecule has 2 aromatic heterocycles. The lowest BCUT2D eigenvalue weighted by molar-refractivity contribution is -0.380. The summed E-state index contributed by atoms with van der Waals surface area (Å²) in [5, 5.41) is 11.2. The Morgan fingerprint density at radius 1 is 1.07 bits per heavy atom. The van der Waals surface area contributed by atoms with Crippen molar-refractivity contribution in [1.82, 2.24) is 4.98 Å². The number of thiophene rings is 1. The van der Waals surface area contributed by atoms with Crippen LogP contribution in [-0.4, -0.2) is 15.8 Å². The Bertz CT molecular complexity index is 1170. The molecule has 0 unspecified atom stereocenters. The topological polar surface area (TPSA) is 76.3 Å². The molecule has 0 aliphatic carbocycles. The minimum Gasteiger partial charge on any atom is -0.279 e. The predicted molar refractivity (Wildman–Crippen MR) is 108 cm³/mol. The number of hydrogen-bond acceptors (Lipinski definition) is 6. The van der Waals surface area contributed by atoms with E-state index >= 15 is 0 Å². The Morgan fingerprint density at radius 2 is 1.86 bits per heavy atom. The Balaban J connectivity index is 1.77. The second-order valence-corrected chi connectivity index (χ2v) is 7.93. The highest BCUT2D eigenvalue weighted by molar-refractivity contribution is 7.22. The predicted octanol–water partition coefficient (Wildman–Crippen LogP) is 5.25. The average molecular weight is 413 g/mol. The van der Waals surface area contributed by atoms with E-state index in [9.17, 15) is 19.3 Å². The van der Waals surface area contributed by atoms with Crippen molar-refractivity contribution in [3.8, 4) is 0 Å². The molecule has 0 aliphatic rings. The molecular weight excluding hydrogens is 401 g/mol. The molecule has 0 radical (unpaired) electrons. The monoisotopic (exact) mass is 413 g/mol. The molecule has 0 spiro atoms. The Morgan fingerprint density at radius 3 is 2.54 bits per heavy atom. The van der Waals surface area contributed by atoms with E-state index in [1.54, 1.807) is 12.1 Å². The van der Waals surface area contributed by atoms with Crippen molar-refractivity contribution in [2.45, 2.75) is 6.54 Å². The van der Waals surface area contributed by atoms with Crippen molar-refractivity contribution in [3.63, 3.8) is 0 Å². The van der Waals surface area contributed by atoms with Crippen LogP contribution in [0.1, 0.15) is 15.2 Å². The lowest BCUT2D eigenvalue weighted by Gasteiger charge is -2.19. The standard InChI is InChI=1S/C19H12FN3O3S2/c20-13-7-4-8-14-17(13)21-19(28-14)22(11-12-5-2-1-3-6-12)18(24)15-9-10-16(27-15)23(25)26/h1-10H,11H2. The number of rotatable bonds is 5. The van der Waals surface area contributed by atoms with E-state index in [1.165, 1.54) is 34.4 Å². The van der Waals surface area contributed by atoms with Crippen LogP contribution in [0.2, 0.25) is 0 Å². The van der Waals surface area contributed by atoms with Crippen LogP contribution >= 0.6 is 22.7 Å². The molecule has 4 rings (SSSR count). The van der Waals surface area contributed by atoms with E-state index in [0.717, 1.165) is 16.9 Å². The van der Waals surface area contributed by atoms with Gasteiger partial charge in [0.05, 0.1) is 21.0 Å². The Labute approximate surface area is 166 Å². The van der Waals surface area contributed by atoms with E-state index in [1.807, 2.05) is 30.3 Å². The number of nitro groups is 1. The number of anilines is 1. The van der Waals surface area contributed by atoms with Crippen LogP contribution in [0.15, 0.2) is 60.7 Å². The molecule has 0 bridgehead atoms. The Kier molecular flexibility index (Phi) is 4.84. The highest BCUT2D eigenvalue weighted by atomic mass is 32.1. The number of thiazole rings is 1. The number of hydrogen-bond donors (Lipinski definition) is 0. The number of halogens is 1. The van der Waals surface area contributed by atoms with Gasteiger partial charge in [0.2, 0.25) is 0 Å². The van der Waals surface area contributed by atoms with Crippen LogP contribution in [-0.2, 0) is 6.54 Å². The molecule has 0 saturated carbocycles. The molecule has 6 nitrogen and oxygen atoms in total. The van der Waals surface area contributed by atoms with E-state index in [4.69, 9.17) is 0 Å². The molecule has 1 amide bonds. The summed E-state index contributed by atoms with van der Waals surface area (Å²) < 4.78 is 14.7. The number of nitrogens with zero attached hydrogens (tertiary/aromatic N) is 3. The summed E-state index contributed by atoms with van der Waals surface area (Å²) in [4.78, 5) is 29.5. The number of carbonyl (C=O) groups excluding carboxylic acids is 1. The highest BCUT2D eigenvalue weighted by Crippen LogP contribution is 2.33. The fourth-order valence-corrected chi connectivity index (χ4v) is 4.43. The summed E-state index contributed by atoms with van der Waals surface area (Å²) >= 11 is 2.00. The van der Waals surface area contributed by atoms with Gasteiger partial charge in [-0.3, -0.25) is 19.8 Å². The maximum atomic E-state index is 14.1. The first-order chi connectivity index (χ1) is 13.5. The molecule has 0 N–H and O–H groups in total. The van der Waals surface area contributed by atoms with Gasteiger partial charge in [-0.05, 0) is 23.8 Å². The van der Waals surface area contributed by atoms with Crippen LogP contribution in [0.4, 0.5) is 14.5 Å². The second kappa shape index (κ2) is 7.45. The summed E-state index contributed by atoms with van der Waals surface area (Å²) in [5.41, 5.74) is 1.06. The van der Waals surface area contributed by atoms with Gasteiger partial charge in [0, 0.05) is 6.07 Å². The number of aromatic nitrogens is 1. The van der Waals surface area contributed by atoms with E-state index in [0.29, 0.717) is 9.83 Å². The first kappa shape index (κ1) is 18.2. The van der Waals surface area contributed by atoms with Crippen LogP contribution < -0.4 is 4.90 Å². The maximum absolute atomic E-state index is 14.1. The van der Waals surface area contributed by atoms with Crippen molar-refractivity contribution < 1.29 is 14.1 Å². The zero-order chi connectivity index (χ0) is 19.7. The zero-order valence-corrected chi connectivity index (χ0v) is 15.9.